The monoisotopic (exact) mass is 271 g/mol. The third kappa shape index (κ3) is 2.40. The summed E-state index contributed by atoms with van der Waals surface area (Å²) in [4.78, 5) is 0. The summed E-state index contributed by atoms with van der Waals surface area (Å²) < 4.78 is 14.0. The van der Waals surface area contributed by atoms with Crippen LogP contribution in [-0.4, -0.2) is 13.1 Å². The van der Waals surface area contributed by atoms with Crippen LogP contribution in [0.4, 0.5) is 4.39 Å². The fourth-order valence-electron chi connectivity index (χ4n) is 2.13. The summed E-state index contributed by atoms with van der Waals surface area (Å²) in [6.07, 6.45) is 2.41. The predicted octanol–water partition coefficient (Wildman–Crippen LogP) is 3.36. The largest absolute Gasteiger partial charge is 0.316 e. The molecule has 0 saturated carbocycles. The molecule has 0 radical (unpaired) electrons. The van der Waals surface area contributed by atoms with Gasteiger partial charge in [-0.2, -0.15) is 0 Å². The number of benzene rings is 1. The lowest BCUT2D eigenvalue weighted by molar-refractivity contribution is 0.460. The second-order valence-corrected chi connectivity index (χ2v) is 5.03. The second kappa shape index (κ2) is 4.62. The van der Waals surface area contributed by atoms with Crippen LogP contribution in [0.3, 0.4) is 0 Å². The first-order valence-electron chi connectivity index (χ1n) is 5.34. The molecule has 1 aromatic carbocycles. The lowest BCUT2D eigenvalue weighted by atomic mass is 9.91. The molecule has 0 bridgehead atoms. The molecule has 1 saturated heterocycles. The van der Waals surface area contributed by atoms with E-state index in [-0.39, 0.29) is 5.82 Å². The molecule has 0 aromatic heterocycles. The Balaban J connectivity index is 2.27. The molecular weight excluding hydrogens is 257 g/mol. The van der Waals surface area contributed by atoms with Crippen LogP contribution < -0.4 is 5.32 Å². The van der Waals surface area contributed by atoms with Crippen LogP contribution in [0.2, 0.25) is 0 Å². The minimum Gasteiger partial charge on any atom is -0.316 e. The van der Waals surface area contributed by atoms with Gasteiger partial charge >= 0.3 is 0 Å². The average molecular weight is 272 g/mol. The van der Waals surface area contributed by atoms with Crippen LogP contribution in [0.25, 0.3) is 0 Å². The Morgan fingerprint density at radius 3 is 2.87 bits per heavy atom. The van der Waals surface area contributed by atoms with Gasteiger partial charge < -0.3 is 5.32 Å². The third-order valence-electron chi connectivity index (χ3n) is 3.00. The molecule has 1 N–H and O–H groups in total. The van der Waals surface area contributed by atoms with Crippen molar-refractivity contribution in [3.63, 3.8) is 0 Å². The number of hydrogen-bond acceptors (Lipinski definition) is 1. The SMILES string of the molecule is Cc1cc(C2CCCNC2)cc(Br)c1F. The Labute approximate surface area is 98.2 Å². The van der Waals surface area contributed by atoms with Gasteiger partial charge in [0.25, 0.3) is 0 Å². The molecule has 0 aliphatic carbocycles. The van der Waals surface area contributed by atoms with Crippen molar-refractivity contribution in [2.24, 2.45) is 0 Å². The van der Waals surface area contributed by atoms with E-state index < -0.39 is 0 Å². The highest BCUT2D eigenvalue weighted by Gasteiger charge is 2.17. The van der Waals surface area contributed by atoms with Gasteiger partial charge in [0.15, 0.2) is 0 Å². The number of halogens is 2. The minimum absolute atomic E-state index is 0.137. The quantitative estimate of drug-likeness (QED) is 0.826. The second-order valence-electron chi connectivity index (χ2n) is 4.18. The fraction of sp³-hybridized carbons (Fsp3) is 0.500. The molecule has 0 spiro atoms. The van der Waals surface area contributed by atoms with Crippen LogP contribution in [0, 0.1) is 12.7 Å². The fourth-order valence-corrected chi connectivity index (χ4v) is 2.70. The zero-order valence-corrected chi connectivity index (χ0v) is 10.4. The molecule has 1 nitrogen and oxygen atoms in total. The molecule has 1 aliphatic heterocycles. The summed E-state index contributed by atoms with van der Waals surface area (Å²) in [6, 6.07) is 3.89. The molecule has 3 heteroatoms. The summed E-state index contributed by atoms with van der Waals surface area (Å²) in [6.45, 7) is 3.94. The lowest BCUT2D eigenvalue weighted by Crippen LogP contribution is -2.28. The van der Waals surface area contributed by atoms with Gasteiger partial charge in [0.1, 0.15) is 5.82 Å². The number of rotatable bonds is 1. The van der Waals surface area contributed by atoms with E-state index in [1.807, 2.05) is 19.1 Å². The first kappa shape index (κ1) is 11.1. The van der Waals surface area contributed by atoms with Crippen LogP contribution >= 0.6 is 15.9 Å². The molecule has 1 fully saturated rings. The Hall–Kier alpha value is -0.410. The predicted molar refractivity (Wildman–Crippen MR) is 63.7 cm³/mol. The highest BCUT2D eigenvalue weighted by Crippen LogP contribution is 2.28. The Morgan fingerprint density at radius 1 is 1.47 bits per heavy atom. The Bertz CT molecular complexity index is 336. The van der Waals surface area contributed by atoms with E-state index in [9.17, 15) is 4.39 Å². The van der Waals surface area contributed by atoms with Crippen LogP contribution in [0.15, 0.2) is 16.6 Å². The topological polar surface area (TPSA) is 12.0 Å². The Morgan fingerprint density at radius 2 is 2.27 bits per heavy atom. The van der Waals surface area contributed by atoms with E-state index >= 15 is 0 Å². The smallest absolute Gasteiger partial charge is 0.140 e. The summed E-state index contributed by atoms with van der Waals surface area (Å²) in [5.74, 6) is 0.400. The Kier molecular flexibility index (Phi) is 3.42. The van der Waals surface area contributed by atoms with E-state index in [4.69, 9.17) is 0 Å². The first-order valence-corrected chi connectivity index (χ1v) is 6.14. The van der Waals surface area contributed by atoms with Crippen molar-refractivity contribution in [3.8, 4) is 0 Å². The minimum atomic E-state index is -0.137. The summed E-state index contributed by atoms with van der Waals surface area (Å²) >= 11 is 3.27. The molecule has 1 unspecified atom stereocenters. The van der Waals surface area contributed by atoms with Crippen molar-refractivity contribution in [1.29, 1.82) is 0 Å². The van der Waals surface area contributed by atoms with Crippen LogP contribution in [0.1, 0.15) is 29.9 Å². The van der Waals surface area contributed by atoms with Crippen molar-refractivity contribution in [2.75, 3.05) is 13.1 Å². The summed E-state index contributed by atoms with van der Waals surface area (Å²) in [5, 5.41) is 3.38. The molecule has 1 aromatic rings. The van der Waals surface area contributed by atoms with Gasteiger partial charge in [-0.25, -0.2) is 4.39 Å². The zero-order valence-electron chi connectivity index (χ0n) is 8.82. The molecule has 82 valence electrons. The van der Waals surface area contributed by atoms with Gasteiger partial charge in [0, 0.05) is 6.54 Å². The maximum Gasteiger partial charge on any atom is 0.140 e. The number of nitrogens with one attached hydrogen (secondary N) is 1. The summed E-state index contributed by atoms with van der Waals surface area (Å²) in [5.41, 5.74) is 1.97. The first-order chi connectivity index (χ1) is 7.18. The van der Waals surface area contributed by atoms with Gasteiger partial charge in [-0.1, -0.05) is 6.07 Å². The zero-order chi connectivity index (χ0) is 10.8. The third-order valence-corrected chi connectivity index (χ3v) is 3.58. The maximum absolute atomic E-state index is 13.4. The molecule has 15 heavy (non-hydrogen) atoms. The standard InChI is InChI=1S/C12H15BrFN/c1-8-5-10(6-11(13)12(8)14)9-3-2-4-15-7-9/h5-6,9,15H,2-4,7H2,1H3. The summed E-state index contributed by atoms with van der Waals surface area (Å²) in [7, 11) is 0. The molecular formula is C12H15BrFN. The van der Waals surface area contributed by atoms with E-state index in [1.165, 1.54) is 18.4 Å². The normalized spacial score (nSPS) is 21.7. The molecule has 1 aliphatic rings. The highest BCUT2D eigenvalue weighted by molar-refractivity contribution is 9.10. The molecule has 2 rings (SSSR count). The van der Waals surface area contributed by atoms with Crippen molar-refractivity contribution in [3.05, 3.63) is 33.5 Å². The van der Waals surface area contributed by atoms with Gasteiger partial charge in [0.05, 0.1) is 4.47 Å². The lowest BCUT2D eigenvalue weighted by Gasteiger charge is -2.23. The van der Waals surface area contributed by atoms with Gasteiger partial charge in [-0.15, -0.1) is 0 Å². The van der Waals surface area contributed by atoms with E-state index in [0.29, 0.717) is 10.4 Å². The van der Waals surface area contributed by atoms with Crippen molar-refractivity contribution in [1.82, 2.24) is 5.32 Å². The van der Waals surface area contributed by atoms with Crippen molar-refractivity contribution >= 4 is 15.9 Å². The van der Waals surface area contributed by atoms with E-state index in [2.05, 4.69) is 21.2 Å². The van der Waals surface area contributed by atoms with Gasteiger partial charge in [-0.05, 0) is 65.4 Å². The van der Waals surface area contributed by atoms with Crippen LogP contribution in [-0.2, 0) is 0 Å². The van der Waals surface area contributed by atoms with E-state index in [1.54, 1.807) is 0 Å². The highest BCUT2D eigenvalue weighted by atomic mass is 79.9. The van der Waals surface area contributed by atoms with Crippen molar-refractivity contribution < 1.29 is 4.39 Å². The van der Waals surface area contributed by atoms with Gasteiger partial charge in [-0.3, -0.25) is 0 Å². The number of piperidine rings is 1. The van der Waals surface area contributed by atoms with Gasteiger partial charge in [0.2, 0.25) is 0 Å². The van der Waals surface area contributed by atoms with Crippen molar-refractivity contribution in [2.45, 2.75) is 25.7 Å². The van der Waals surface area contributed by atoms with E-state index in [0.717, 1.165) is 18.7 Å². The number of aryl methyl sites for hydroxylation is 1. The molecule has 0 amide bonds. The number of hydrogen-bond donors (Lipinski definition) is 1. The average Bonchev–Trinajstić information content (AvgIpc) is 2.26. The molecule has 1 heterocycles. The molecule has 1 atom stereocenters. The van der Waals surface area contributed by atoms with Crippen LogP contribution in [0.5, 0.6) is 0 Å². The maximum atomic E-state index is 13.4.